The van der Waals surface area contributed by atoms with Gasteiger partial charge in [0.15, 0.2) is 0 Å². The lowest BCUT2D eigenvalue weighted by atomic mass is 10.3. The molecule has 1 amide bonds. The van der Waals surface area contributed by atoms with Crippen molar-refractivity contribution in [2.75, 3.05) is 26.2 Å². The highest BCUT2D eigenvalue weighted by Gasteiger charge is 2.06. The second-order valence-corrected chi connectivity index (χ2v) is 3.51. The third kappa shape index (κ3) is 5.94. The van der Waals surface area contributed by atoms with Crippen LogP contribution in [-0.2, 0) is 4.79 Å². The Morgan fingerprint density at radius 3 is 2.50 bits per heavy atom. The number of hydrogen-bond acceptors (Lipinski definition) is 3. The predicted octanol–water partition coefficient (Wildman–Crippen LogP) is 0.182. The van der Waals surface area contributed by atoms with Gasteiger partial charge in [0.1, 0.15) is 0 Å². The third-order valence-corrected chi connectivity index (χ3v) is 2.13. The molecule has 3 N–H and O–H groups in total. The zero-order valence-electron chi connectivity index (χ0n) is 9.55. The van der Waals surface area contributed by atoms with Gasteiger partial charge in [0.05, 0.1) is 6.04 Å². The Bertz CT molecular complexity index is 159. The van der Waals surface area contributed by atoms with E-state index in [2.05, 4.69) is 24.1 Å². The minimum absolute atomic E-state index is 0.0717. The molecule has 0 aliphatic carbocycles. The van der Waals surface area contributed by atoms with Gasteiger partial charge in [-0.15, -0.1) is 0 Å². The smallest absolute Gasteiger partial charge is 0.236 e. The summed E-state index contributed by atoms with van der Waals surface area (Å²) < 4.78 is 0. The molecule has 0 aromatic rings. The fourth-order valence-electron chi connectivity index (χ4n) is 1.24. The van der Waals surface area contributed by atoms with Gasteiger partial charge in [-0.1, -0.05) is 13.8 Å². The Kier molecular flexibility index (Phi) is 7.42. The van der Waals surface area contributed by atoms with Crippen LogP contribution >= 0.6 is 0 Å². The lowest BCUT2D eigenvalue weighted by molar-refractivity contribution is -0.122. The van der Waals surface area contributed by atoms with E-state index in [-0.39, 0.29) is 5.91 Å². The zero-order valence-corrected chi connectivity index (χ0v) is 9.55. The summed E-state index contributed by atoms with van der Waals surface area (Å²) in [6.45, 7) is 9.69. The molecule has 4 heteroatoms. The largest absolute Gasteiger partial charge is 0.353 e. The van der Waals surface area contributed by atoms with Gasteiger partial charge in [-0.2, -0.15) is 0 Å². The van der Waals surface area contributed by atoms with Gasteiger partial charge in [0.2, 0.25) is 5.91 Å². The van der Waals surface area contributed by atoms with E-state index in [1.807, 2.05) is 0 Å². The summed E-state index contributed by atoms with van der Waals surface area (Å²) in [4.78, 5) is 13.4. The van der Waals surface area contributed by atoms with Gasteiger partial charge in [-0.25, -0.2) is 0 Å². The van der Waals surface area contributed by atoms with Crippen LogP contribution in [0.4, 0.5) is 0 Å². The number of nitrogens with two attached hydrogens (primary N) is 1. The highest BCUT2D eigenvalue weighted by molar-refractivity contribution is 5.80. The maximum absolute atomic E-state index is 11.1. The molecule has 0 saturated carbocycles. The summed E-state index contributed by atoms with van der Waals surface area (Å²) in [6.07, 6.45) is 1.15. The topological polar surface area (TPSA) is 58.4 Å². The monoisotopic (exact) mass is 201 g/mol. The first-order valence-corrected chi connectivity index (χ1v) is 5.37. The van der Waals surface area contributed by atoms with Crippen LogP contribution in [0.5, 0.6) is 0 Å². The molecule has 0 aliphatic rings. The second-order valence-electron chi connectivity index (χ2n) is 3.51. The van der Waals surface area contributed by atoms with Crippen LogP contribution in [0.2, 0.25) is 0 Å². The zero-order chi connectivity index (χ0) is 11.0. The summed E-state index contributed by atoms with van der Waals surface area (Å²) in [5.41, 5.74) is 5.42. The van der Waals surface area contributed by atoms with Gasteiger partial charge in [-0.05, 0) is 26.4 Å². The van der Waals surface area contributed by atoms with Crippen molar-refractivity contribution >= 4 is 5.91 Å². The molecule has 0 rings (SSSR count). The molecule has 0 aromatic heterocycles. The maximum Gasteiger partial charge on any atom is 0.236 e. The summed E-state index contributed by atoms with van der Waals surface area (Å²) in [5.74, 6) is -0.0717. The van der Waals surface area contributed by atoms with Crippen molar-refractivity contribution < 1.29 is 4.79 Å². The summed E-state index contributed by atoms with van der Waals surface area (Å²) in [5, 5.41) is 2.80. The molecule has 0 aromatic carbocycles. The predicted molar refractivity (Wildman–Crippen MR) is 59.1 cm³/mol. The van der Waals surface area contributed by atoms with Crippen LogP contribution in [0.15, 0.2) is 0 Å². The minimum Gasteiger partial charge on any atom is -0.353 e. The molecule has 0 spiro atoms. The van der Waals surface area contributed by atoms with Crippen LogP contribution in [0.3, 0.4) is 0 Å². The first-order chi connectivity index (χ1) is 6.61. The van der Waals surface area contributed by atoms with E-state index in [0.717, 1.165) is 26.1 Å². The number of rotatable bonds is 7. The maximum atomic E-state index is 11.1. The number of hydrogen-bond donors (Lipinski definition) is 2. The fraction of sp³-hybridized carbons (Fsp3) is 0.900. The lowest BCUT2D eigenvalue weighted by Crippen LogP contribution is -2.42. The molecule has 0 heterocycles. The molecule has 0 fully saturated rings. The van der Waals surface area contributed by atoms with Crippen molar-refractivity contribution in [2.45, 2.75) is 33.2 Å². The molecule has 84 valence electrons. The Morgan fingerprint density at radius 1 is 1.43 bits per heavy atom. The number of carbonyl (C=O) groups is 1. The number of amides is 1. The van der Waals surface area contributed by atoms with Crippen molar-refractivity contribution in [3.05, 3.63) is 0 Å². The molecule has 0 bridgehead atoms. The van der Waals surface area contributed by atoms with Crippen molar-refractivity contribution in [3.8, 4) is 0 Å². The number of likely N-dealkylation sites (N-methyl/N-ethyl adjacent to an activating group) is 1. The Balaban J connectivity index is 3.55. The quantitative estimate of drug-likeness (QED) is 0.618. The highest BCUT2D eigenvalue weighted by atomic mass is 16.2. The van der Waals surface area contributed by atoms with Crippen molar-refractivity contribution in [1.29, 1.82) is 0 Å². The van der Waals surface area contributed by atoms with E-state index in [9.17, 15) is 4.79 Å². The summed E-state index contributed by atoms with van der Waals surface area (Å²) in [7, 11) is 0. The Hall–Kier alpha value is -0.610. The number of nitrogens with one attached hydrogen (secondary N) is 1. The first-order valence-electron chi connectivity index (χ1n) is 5.37. The van der Waals surface area contributed by atoms with Crippen molar-refractivity contribution in [2.24, 2.45) is 5.73 Å². The van der Waals surface area contributed by atoms with E-state index < -0.39 is 6.04 Å². The van der Waals surface area contributed by atoms with E-state index in [1.165, 1.54) is 0 Å². The summed E-state index contributed by atoms with van der Waals surface area (Å²) in [6, 6.07) is -0.406. The van der Waals surface area contributed by atoms with E-state index in [1.54, 1.807) is 6.92 Å². The van der Waals surface area contributed by atoms with E-state index >= 15 is 0 Å². The van der Waals surface area contributed by atoms with Crippen LogP contribution in [0.1, 0.15) is 27.2 Å². The molecular formula is C10H23N3O. The molecule has 14 heavy (non-hydrogen) atoms. The molecular weight excluding hydrogens is 178 g/mol. The fourth-order valence-corrected chi connectivity index (χ4v) is 1.24. The van der Waals surface area contributed by atoms with E-state index in [4.69, 9.17) is 5.73 Å². The van der Waals surface area contributed by atoms with Gasteiger partial charge in [0, 0.05) is 13.1 Å². The van der Waals surface area contributed by atoms with Gasteiger partial charge in [-0.3, -0.25) is 4.79 Å². The molecule has 0 unspecified atom stereocenters. The molecule has 0 aliphatic heterocycles. The number of nitrogens with zero attached hydrogens (tertiary/aromatic N) is 1. The summed E-state index contributed by atoms with van der Waals surface area (Å²) >= 11 is 0. The highest BCUT2D eigenvalue weighted by Crippen LogP contribution is 1.89. The average Bonchev–Trinajstić information content (AvgIpc) is 2.16. The average molecular weight is 201 g/mol. The third-order valence-electron chi connectivity index (χ3n) is 2.13. The molecule has 0 radical (unpaired) electrons. The Morgan fingerprint density at radius 2 is 2.07 bits per heavy atom. The Labute approximate surface area is 86.8 Å². The standard InChI is InChI=1S/C10H23N3O/c1-4-7-13(5-2)8-6-12-10(14)9(3)11/h9H,4-8,11H2,1-3H3,(H,12,14)/t9-/m1/s1. The van der Waals surface area contributed by atoms with Crippen LogP contribution in [0, 0.1) is 0 Å². The van der Waals surface area contributed by atoms with Gasteiger partial charge in [0.25, 0.3) is 0 Å². The second kappa shape index (κ2) is 7.76. The van der Waals surface area contributed by atoms with Crippen LogP contribution in [-0.4, -0.2) is 43.0 Å². The lowest BCUT2D eigenvalue weighted by Gasteiger charge is -2.19. The van der Waals surface area contributed by atoms with Gasteiger partial charge < -0.3 is 16.0 Å². The first kappa shape index (κ1) is 13.4. The molecule has 0 saturated heterocycles. The van der Waals surface area contributed by atoms with Crippen LogP contribution < -0.4 is 11.1 Å². The normalized spacial score (nSPS) is 12.9. The van der Waals surface area contributed by atoms with Gasteiger partial charge >= 0.3 is 0 Å². The van der Waals surface area contributed by atoms with Crippen molar-refractivity contribution in [1.82, 2.24) is 10.2 Å². The molecule has 4 nitrogen and oxygen atoms in total. The minimum atomic E-state index is -0.406. The van der Waals surface area contributed by atoms with Crippen molar-refractivity contribution in [3.63, 3.8) is 0 Å². The van der Waals surface area contributed by atoms with E-state index in [0.29, 0.717) is 6.54 Å². The molecule has 1 atom stereocenters. The number of carbonyl (C=O) groups excluding carboxylic acids is 1. The van der Waals surface area contributed by atoms with Crippen LogP contribution in [0.25, 0.3) is 0 Å². The SMILES string of the molecule is CCCN(CC)CCNC(=O)[C@@H](C)N.